The average Bonchev–Trinajstić information content (AvgIpc) is 3.12. The number of methoxy groups -OCH3 is 2. The summed E-state index contributed by atoms with van der Waals surface area (Å²) in [6, 6.07) is 11.1. The van der Waals surface area contributed by atoms with E-state index in [2.05, 4.69) is 10.4 Å². The molecule has 1 heterocycles. The Labute approximate surface area is 168 Å². The summed E-state index contributed by atoms with van der Waals surface area (Å²) < 4.78 is 12.1. The van der Waals surface area contributed by atoms with Crippen LogP contribution in [0.4, 0.5) is 0 Å². The Hall–Kier alpha value is -3.35. The molecule has 0 bridgehead atoms. The minimum absolute atomic E-state index is 0.0869. The molecule has 0 saturated heterocycles. The van der Waals surface area contributed by atoms with Gasteiger partial charge in [-0.15, -0.1) is 0 Å². The van der Waals surface area contributed by atoms with E-state index in [9.17, 15) is 9.59 Å². The molecule has 7 nitrogen and oxygen atoms in total. The number of carbonyl (C=O) groups is 1. The van der Waals surface area contributed by atoms with Gasteiger partial charge in [-0.1, -0.05) is 18.2 Å². The highest BCUT2D eigenvalue weighted by Gasteiger charge is 2.26. The third-order valence-electron chi connectivity index (χ3n) is 5.42. The molecule has 0 radical (unpaired) electrons. The lowest BCUT2D eigenvalue weighted by Gasteiger charge is -2.16. The topological polar surface area (TPSA) is 82.4 Å². The fourth-order valence-electron chi connectivity index (χ4n) is 3.99. The van der Waals surface area contributed by atoms with E-state index in [-0.39, 0.29) is 23.9 Å². The van der Waals surface area contributed by atoms with E-state index in [0.717, 1.165) is 24.0 Å². The van der Waals surface area contributed by atoms with Crippen LogP contribution < -0.4 is 20.3 Å². The van der Waals surface area contributed by atoms with Crippen molar-refractivity contribution >= 4 is 16.7 Å². The Bertz CT molecular complexity index is 1150. The third kappa shape index (κ3) is 3.44. The summed E-state index contributed by atoms with van der Waals surface area (Å²) in [4.78, 5) is 25.1. The largest absolute Gasteiger partial charge is 0.493 e. The lowest BCUT2D eigenvalue weighted by Crippen LogP contribution is -2.30. The molecule has 1 aliphatic rings. The van der Waals surface area contributed by atoms with Crippen LogP contribution in [0.25, 0.3) is 10.8 Å². The Balaban J connectivity index is 1.58. The first kappa shape index (κ1) is 19.0. The number of nitrogens with zero attached hydrogens (tertiary/aromatic N) is 2. The van der Waals surface area contributed by atoms with Crippen LogP contribution in [0.15, 0.2) is 41.2 Å². The van der Waals surface area contributed by atoms with Gasteiger partial charge in [0.05, 0.1) is 37.8 Å². The van der Waals surface area contributed by atoms with Gasteiger partial charge < -0.3 is 14.8 Å². The van der Waals surface area contributed by atoms with Gasteiger partial charge in [0, 0.05) is 12.4 Å². The summed E-state index contributed by atoms with van der Waals surface area (Å²) in [5.41, 5.74) is 2.62. The molecule has 0 unspecified atom stereocenters. The molecule has 7 heteroatoms. The number of rotatable bonds is 5. The van der Waals surface area contributed by atoms with E-state index in [0.29, 0.717) is 28.0 Å². The first-order valence-corrected chi connectivity index (χ1v) is 9.51. The van der Waals surface area contributed by atoms with E-state index in [1.54, 1.807) is 27.3 Å². The van der Waals surface area contributed by atoms with Crippen molar-refractivity contribution in [2.45, 2.75) is 25.3 Å². The van der Waals surface area contributed by atoms with Gasteiger partial charge in [-0.25, -0.2) is 4.68 Å². The smallest absolute Gasteiger partial charge is 0.274 e. The fraction of sp³-hybridized carbons (Fsp3) is 0.318. The van der Waals surface area contributed by atoms with Crippen LogP contribution >= 0.6 is 0 Å². The molecule has 1 amide bonds. The van der Waals surface area contributed by atoms with Crippen LogP contribution in [0.2, 0.25) is 0 Å². The Morgan fingerprint density at radius 1 is 1.17 bits per heavy atom. The van der Waals surface area contributed by atoms with Crippen molar-refractivity contribution in [3.63, 3.8) is 0 Å². The normalized spacial score (nSPS) is 15.2. The summed E-state index contributed by atoms with van der Waals surface area (Å²) >= 11 is 0. The molecule has 0 fully saturated rings. The van der Waals surface area contributed by atoms with Crippen LogP contribution in [0.5, 0.6) is 11.5 Å². The zero-order chi connectivity index (χ0) is 20.5. The highest BCUT2D eigenvalue weighted by Crippen LogP contribution is 2.39. The first-order valence-electron chi connectivity index (χ1n) is 9.51. The molecular formula is C22H23N3O4. The molecule has 1 aromatic heterocycles. The second-order valence-corrected chi connectivity index (χ2v) is 7.16. The second kappa shape index (κ2) is 7.58. The molecule has 0 aliphatic heterocycles. The van der Waals surface area contributed by atoms with E-state index < -0.39 is 0 Å². The Morgan fingerprint density at radius 3 is 2.59 bits per heavy atom. The van der Waals surface area contributed by atoms with E-state index in [4.69, 9.17) is 9.47 Å². The predicted octanol–water partition coefficient (Wildman–Crippen LogP) is 2.30. The SMILES string of the molecule is COc1cc2c(cc1OC)[C@H](NC(=O)Cc1nn(C)c(=O)c3ccccc13)CC2. The average molecular weight is 393 g/mol. The standard InChI is InChI=1S/C22H23N3O4/c1-25-22(27)15-7-5-4-6-14(15)18(24-25)12-21(26)23-17-9-8-13-10-19(28-2)20(29-3)11-16(13)17/h4-7,10-11,17H,8-9,12H2,1-3H3,(H,23,26)/t17-/m1/s1. The van der Waals surface area contributed by atoms with Crippen molar-refractivity contribution in [1.29, 1.82) is 0 Å². The molecule has 150 valence electrons. The number of aryl methyl sites for hydroxylation is 2. The third-order valence-corrected chi connectivity index (χ3v) is 5.42. The molecule has 29 heavy (non-hydrogen) atoms. The monoisotopic (exact) mass is 393 g/mol. The molecular weight excluding hydrogens is 370 g/mol. The van der Waals surface area contributed by atoms with Gasteiger partial charge in [0.1, 0.15) is 0 Å². The van der Waals surface area contributed by atoms with Gasteiger partial charge >= 0.3 is 0 Å². The number of nitrogens with one attached hydrogen (secondary N) is 1. The summed E-state index contributed by atoms with van der Waals surface area (Å²) in [5.74, 6) is 1.21. The maximum Gasteiger partial charge on any atom is 0.274 e. The second-order valence-electron chi connectivity index (χ2n) is 7.16. The minimum atomic E-state index is -0.171. The van der Waals surface area contributed by atoms with Crippen molar-refractivity contribution in [1.82, 2.24) is 15.1 Å². The van der Waals surface area contributed by atoms with Gasteiger partial charge in [-0.3, -0.25) is 9.59 Å². The summed E-state index contributed by atoms with van der Waals surface area (Å²) in [6.07, 6.45) is 1.79. The van der Waals surface area contributed by atoms with Crippen molar-refractivity contribution in [3.05, 3.63) is 63.6 Å². The van der Waals surface area contributed by atoms with Gasteiger partial charge in [0.2, 0.25) is 5.91 Å². The molecule has 1 N–H and O–H groups in total. The molecule has 1 aliphatic carbocycles. The molecule has 0 saturated carbocycles. The predicted molar refractivity (Wildman–Crippen MR) is 109 cm³/mol. The van der Waals surface area contributed by atoms with Crippen LogP contribution in [-0.2, 0) is 24.7 Å². The summed E-state index contributed by atoms with van der Waals surface area (Å²) in [7, 11) is 4.81. The number of fused-ring (bicyclic) bond motifs is 2. The van der Waals surface area contributed by atoms with Gasteiger partial charge in [0.25, 0.3) is 5.56 Å². The molecule has 2 aromatic carbocycles. The van der Waals surface area contributed by atoms with Crippen molar-refractivity contribution in [3.8, 4) is 11.5 Å². The van der Waals surface area contributed by atoms with Crippen LogP contribution in [0.1, 0.15) is 29.3 Å². The van der Waals surface area contributed by atoms with Crippen LogP contribution in [0, 0.1) is 0 Å². The zero-order valence-corrected chi connectivity index (χ0v) is 16.7. The van der Waals surface area contributed by atoms with Gasteiger partial charge in [0.15, 0.2) is 11.5 Å². The number of hydrogen-bond acceptors (Lipinski definition) is 5. The number of benzene rings is 2. The lowest BCUT2D eigenvalue weighted by molar-refractivity contribution is -0.121. The van der Waals surface area contributed by atoms with Crippen molar-refractivity contribution in [2.75, 3.05) is 14.2 Å². The fourth-order valence-corrected chi connectivity index (χ4v) is 3.99. The van der Waals surface area contributed by atoms with Crippen molar-refractivity contribution < 1.29 is 14.3 Å². The van der Waals surface area contributed by atoms with E-state index in [1.165, 1.54) is 4.68 Å². The lowest BCUT2D eigenvalue weighted by atomic mass is 10.1. The Morgan fingerprint density at radius 2 is 1.86 bits per heavy atom. The first-order chi connectivity index (χ1) is 14.0. The summed E-state index contributed by atoms with van der Waals surface area (Å²) in [5, 5.41) is 8.70. The van der Waals surface area contributed by atoms with Gasteiger partial charge in [-0.2, -0.15) is 5.10 Å². The van der Waals surface area contributed by atoms with E-state index >= 15 is 0 Å². The molecule has 4 rings (SSSR count). The maximum absolute atomic E-state index is 12.8. The van der Waals surface area contributed by atoms with Crippen LogP contribution in [-0.4, -0.2) is 29.9 Å². The van der Waals surface area contributed by atoms with Crippen LogP contribution in [0.3, 0.4) is 0 Å². The van der Waals surface area contributed by atoms with Crippen molar-refractivity contribution in [2.24, 2.45) is 7.05 Å². The number of hydrogen-bond donors (Lipinski definition) is 1. The minimum Gasteiger partial charge on any atom is -0.493 e. The molecule has 0 spiro atoms. The highest BCUT2D eigenvalue weighted by molar-refractivity contribution is 5.88. The molecule has 1 atom stereocenters. The number of carbonyl (C=O) groups excluding carboxylic acids is 1. The maximum atomic E-state index is 12.8. The molecule has 3 aromatic rings. The number of aromatic nitrogens is 2. The van der Waals surface area contributed by atoms with Gasteiger partial charge in [-0.05, 0) is 42.2 Å². The quantitative estimate of drug-likeness (QED) is 0.719. The number of amides is 1. The Kier molecular flexibility index (Phi) is 4.96. The summed E-state index contributed by atoms with van der Waals surface area (Å²) in [6.45, 7) is 0. The highest BCUT2D eigenvalue weighted by atomic mass is 16.5. The van der Waals surface area contributed by atoms with E-state index in [1.807, 2.05) is 30.3 Å². The number of ether oxygens (including phenoxy) is 2. The zero-order valence-electron chi connectivity index (χ0n) is 16.7.